The summed E-state index contributed by atoms with van der Waals surface area (Å²) in [5.41, 5.74) is 0.352. The Morgan fingerprint density at radius 3 is 1.41 bits per heavy atom. The Morgan fingerprint density at radius 1 is 0.794 bits per heavy atom. The predicted molar refractivity (Wildman–Crippen MR) is 108 cm³/mol. The van der Waals surface area contributed by atoms with Gasteiger partial charge in [-0.2, -0.15) is 0 Å². The summed E-state index contributed by atoms with van der Waals surface area (Å²) in [6, 6.07) is 0. The third-order valence-electron chi connectivity index (χ3n) is 1.94. The molecule has 0 aromatic rings. The number of hydrogen-bond acceptors (Lipinski definition) is 8. The third-order valence-corrected chi connectivity index (χ3v) is 1.94. The van der Waals surface area contributed by atoms with Crippen molar-refractivity contribution in [3.8, 4) is 0 Å². The maximum atomic E-state index is 10.5. The van der Waals surface area contributed by atoms with E-state index < -0.39 is 30.2 Å². The number of methoxy groups -OCH3 is 1. The van der Waals surface area contributed by atoms with Crippen LogP contribution in [0.1, 0.15) is 13.8 Å². The number of nitrogens with one attached hydrogen (secondary N) is 4. The van der Waals surface area contributed by atoms with Crippen LogP contribution in [-0.4, -0.2) is 84.3 Å². The normalized spacial score (nSPS) is 7.50. The van der Waals surface area contributed by atoms with E-state index in [9.17, 15) is 28.8 Å². The largest absolute Gasteiger partial charge is 0.478 e. The Kier molecular flexibility index (Phi) is 42.1. The number of rotatable bonds is 9. The van der Waals surface area contributed by atoms with Crippen LogP contribution in [0.5, 0.6) is 0 Å². The Labute approximate surface area is 220 Å². The Bertz CT molecular complexity index is 599. The van der Waals surface area contributed by atoms with E-state index in [4.69, 9.17) is 20.4 Å². The zero-order valence-corrected chi connectivity index (χ0v) is 21.9. The Balaban J connectivity index is -0.0000000788. The summed E-state index contributed by atoms with van der Waals surface area (Å²) < 4.78 is 8.79. The zero-order valence-electron chi connectivity index (χ0n) is 18.4. The molecule has 0 radical (unpaired) electrons. The van der Waals surface area contributed by atoms with Crippen molar-refractivity contribution in [2.75, 3.05) is 27.2 Å². The van der Waals surface area contributed by atoms with E-state index in [0.29, 0.717) is 6.41 Å². The summed E-state index contributed by atoms with van der Waals surface area (Å²) in [7, 11) is 1.36. The quantitative estimate of drug-likeness (QED) is 0.0522. The molecule has 0 aliphatic rings. The van der Waals surface area contributed by atoms with Crippen molar-refractivity contribution in [1.29, 1.82) is 0 Å². The molecular weight excluding hydrogens is 642 g/mol. The van der Waals surface area contributed by atoms with Crippen LogP contribution in [0.4, 0.5) is 14.4 Å². The predicted octanol–water partition coefficient (Wildman–Crippen LogP) is -0.212. The van der Waals surface area contributed by atoms with Crippen molar-refractivity contribution < 1.29 is 97.6 Å². The van der Waals surface area contributed by atoms with Gasteiger partial charge in [0.05, 0.1) is 13.3 Å². The van der Waals surface area contributed by atoms with Crippen LogP contribution < -0.4 is 21.3 Å². The SMILES string of the molecule is C=C(C)C(=O)O.C=C(C)C(=O)O.COCOC(=O)NCNC(=O)O.O=CNCNC(=O)O.[Ru].[Ru]. The number of carboxylic acids is 2. The number of alkyl carbamates (subject to hydrolysis) is 1. The molecule has 16 nitrogen and oxygen atoms in total. The first kappa shape index (κ1) is 44.6. The van der Waals surface area contributed by atoms with Gasteiger partial charge in [0.2, 0.25) is 6.41 Å². The van der Waals surface area contributed by atoms with E-state index in [1.807, 2.05) is 10.6 Å². The number of aliphatic carboxylic acids is 2. The van der Waals surface area contributed by atoms with Crippen LogP contribution in [-0.2, 0) is 62.8 Å². The minimum atomic E-state index is -1.22. The molecule has 34 heavy (non-hydrogen) atoms. The van der Waals surface area contributed by atoms with Crippen molar-refractivity contribution >= 4 is 36.6 Å². The van der Waals surface area contributed by atoms with Crippen molar-refractivity contribution in [2.45, 2.75) is 13.8 Å². The number of carbonyl (C=O) groups excluding carboxylic acids is 2. The molecule has 8 N–H and O–H groups in total. The molecule has 0 heterocycles. The molecule has 0 bridgehead atoms. The second-order valence-corrected chi connectivity index (χ2v) is 4.83. The smallest absolute Gasteiger partial charge is 0.410 e. The number of carbonyl (C=O) groups is 6. The molecular formula is C16H28N4O12Ru2. The van der Waals surface area contributed by atoms with Crippen LogP contribution >= 0.6 is 0 Å². The number of ether oxygens (including phenoxy) is 2. The van der Waals surface area contributed by atoms with Crippen molar-refractivity contribution in [3.63, 3.8) is 0 Å². The Morgan fingerprint density at radius 2 is 1.15 bits per heavy atom. The van der Waals surface area contributed by atoms with Gasteiger partial charge in [-0.05, 0) is 13.8 Å². The van der Waals surface area contributed by atoms with E-state index in [1.54, 1.807) is 0 Å². The molecule has 0 aromatic heterocycles. The van der Waals surface area contributed by atoms with Gasteiger partial charge >= 0.3 is 30.2 Å². The van der Waals surface area contributed by atoms with Crippen LogP contribution in [0.15, 0.2) is 24.3 Å². The minimum Gasteiger partial charge on any atom is -0.478 e. The van der Waals surface area contributed by atoms with Gasteiger partial charge in [-0.3, -0.25) is 4.79 Å². The second kappa shape index (κ2) is 32.1. The number of carboxylic acid groups (broad SMARTS) is 4. The molecule has 0 unspecified atom stereocenters. The fourth-order valence-corrected chi connectivity index (χ4v) is 0.524. The van der Waals surface area contributed by atoms with Gasteiger partial charge in [-0.25, -0.2) is 24.0 Å². The van der Waals surface area contributed by atoms with Gasteiger partial charge < -0.3 is 51.2 Å². The van der Waals surface area contributed by atoms with E-state index in [2.05, 4.69) is 33.3 Å². The summed E-state index contributed by atoms with van der Waals surface area (Å²) in [4.78, 5) is 58.7. The van der Waals surface area contributed by atoms with Crippen LogP contribution in [0, 0.1) is 0 Å². The first-order valence-corrected chi connectivity index (χ1v) is 8.00. The topological polar surface area (TPSA) is 250 Å². The monoisotopic (exact) mass is 672 g/mol. The van der Waals surface area contributed by atoms with Crippen molar-refractivity contribution in [1.82, 2.24) is 21.3 Å². The molecule has 0 aliphatic carbocycles. The zero-order chi connectivity index (χ0) is 26.1. The van der Waals surface area contributed by atoms with Crippen LogP contribution in [0.2, 0.25) is 0 Å². The van der Waals surface area contributed by atoms with E-state index in [-0.39, 0.29) is 70.2 Å². The number of amides is 4. The molecule has 4 amide bonds. The molecule has 0 saturated heterocycles. The summed E-state index contributed by atoms with van der Waals surface area (Å²) >= 11 is 0. The maximum Gasteiger partial charge on any atom is 0.410 e. The van der Waals surface area contributed by atoms with Gasteiger partial charge in [0.15, 0.2) is 6.79 Å². The van der Waals surface area contributed by atoms with Gasteiger partial charge in [-0.15, -0.1) is 0 Å². The van der Waals surface area contributed by atoms with E-state index >= 15 is 0 Å². The molecule has 0 spiro atoms. The summed E-state index contributed by atoms with van der Waals surface area (Å²) in [5.74, 6) is -1.87. The van der Waals surface area contributed by atoms with E-state index in [1.165, 1.54) is 21.0 Å². The molecule has 0 aliphatic heterocycles. The standard InChI is InChI=1S/C5H10N2O5.2C4H6O2.C3H6N2O3.2Ru/c1-11-3-12-5(10)7-2-6-4(8)9;2*1-3(2)4(5)6;6-2-4-1-5-3(7)8;;/h6H,2-3H2,1H3,(H,7,10)(H,8,9);2*1H2,2H3,(H,5,6);2,5H,1H2,(H,4,6)(H,7,8);;. The summed E-state index contributed by atoms with van der Waals surface area (Å²) in [6.45, 7) is 8.80. The fourth-order valence-electron chi connectivity index (χ4n) is 0.524. The van der Waals surface area contributed by atoms with Gasteiger partial charge in [0.25, 0.3) is 0 Å². The van der Waals surface area contributed by atoms with E-state index in [0.717, 1.165) is 0 Å². The third kappa shape index (κ3) is 56.8. The van der Waals surface area contributed by atoms with Gasteiger partial charge in [0, 0.05) is 57.2 Å². The first-order valence-electron chi connectivity index (χ1n) is 8.00. The average Bonchev–Trinajstić information content (AvgIpc) is 2.67. The Hall–Kier alpha value is -3.09. The minimum absolute atomic E-state index is 0. The van der Waals surface area contributed by atoms with Crippen LogP contribution in [0.25, 0.3) is 0 Å². The summed E-state index contributed by atoms with van der Waals surface area (Å²) in [6.07, 6.45) is -2.71. The van der Waals surface area contributed by atoms with Gasteiger partial charge in [-0.1, -0.05) is 13.2 Å². The maximum absolute atomic E-state index is 10.5. The van der Waals surface area contributed by atoms with Crippen LogP contribution in [0.3, 0.4) is 0 Å². The van der Waals surface area contributed by atoms with Crippen molar-refractivity contribution in [3.05, 3.63) is 24.3 Å². The molecule has 0 rings (SSSR count). The fraction of sp³-hybridized carbons (Fsp3) is 0.375. The molecule has 0 atom stereocenters. The number of hydrogen-bond donors (Lipinski definition) is 8. The molecule has 0 fully saturated rings. The first-order chi connectivity index (χ1) is 14.7. The van der Waals surface area contributed by atoms with Crippen molar-refractivity contribution in [2.24, 2.45) is 0 Å². The molecule has 200 valence electrons. The molecule has 0 aromatic carbocycles. The second-order valence-electron chi connectivity index (χ2n) is 4.83. The summed E-state index contributed by atoms with van der Waals surface area (Å²) in [5, 5.41) is 39.8. The average molecular weight is 671 g/mol. The van der Waals surface area contributed by atoms with Gasteiger partial charge in [0.1, 0.15) is 0 Å². The molecule has 18 heteroatoms. The molecule has 0 saturated carbocycles.